The van der Waals surface area contributed by atoms with Gasteiger partial charge in [0.15, 0.2) is 15.2 Å². The maximum atomic E-state index is 12.0. The molecule has 0 N–H and O–H groups in total. The number of carbonyl (C=O) groups excluding carboxylic acids is 2. The Labute approximate surface area is 99.6 Å². The first kappa shape index (κ1) is 12.2. The molecule has 0 radical (unpaired) electrons. The van der Waals surface area contributed by atoms with Crippen LogP contribution in [0.15, 0.2) is 5.10 Å². The zero-order valence-corrected chi connectivity index (χ0v) is 10.5. The van der Waals surface area contributed by atoms with Crippen LogP contribution in [0.3, 0.4) is 0 Å². The number of hydrogen-bond acceptors (Lipinski definition) is 5. The van der Waals surface area contributed by atoms with E-state index >= 15 is 0 Å². The van der Waals surface area contributed by atoms with Crippen LogP contribution in [0.25, 0.3) is 0 Å². The second-order valence-corrected chi connectivity index (χ2v) is 6.71. The molecule has 17 heavy (non-hydrogen) atoms. The SMILES string of the molecule is CC(=O)C1C(=O)N(C2CCCS2(=O)=O)N=C1C. The lowest BCUT2D eigenvalue weighted by Crippen LogP contribution is -2.40. The van der Waals surface area contributed by atoms with E-state index in [1.807, 2.05) is 0 Å². The Morgan fingerprint density at radius 3 is 2.53 bits per heavy atom. The largest absolute Gasteiger partial charge is 0.299 e. The fourth-order valence-corrected chi connectivity index (χ4v) is 4.13. The summed E-state index contributed by atoms with van der Waals surface area (Å²) in [4.78, 5) is 23.3. The molecule has 94 valence electrons. The van der Waals surface area contributed by atoms with Gasteiger partial charge in [0.05, 0.1) is 11.5 Å². The van der Waals surface area contributed by atoms with E-state index < -0.39 is 27.0 Å². The minimum absolute atomic E-state index is 0.0841. The summed E-state index contributed by atoms with van der Waals surface area (Å²) in [6, 6.07) is 0. The molecule has 0 aromatic heterocycles. The third kappa shape index (κ3) is 1.88. The lowest BCUT2D eigenvalue weighted by molar-refractivity contribution is -0.136. The first-order chi connectivity index (χ1) is 7.84. The summed E-state index contributed by atoms with van der Waals surface area (Å²) < 4.78 is 23.5. The van der Waals surface area contributed by atoms with Crippen LogP contribution < -0.4 is 0 Å². The Balaban J connectivity index is 2.32. The van der Waals surface area contributed by atoms with Crippen molar-refractivity contribution in [2.24, 2.45) is 11.0 Å². The van der Waals surface area contributed by atoms with E-state index in [1.54, 1.807) is 6.92 Å². The summed E-state index contributed by atoms with van der Waals surface area (Å²) in [5.41, 5.74) is 0.379. The molecule has 0 aliphatic carbocycles. The number of rotatable bonds is 2. The van der Waals surface area contributed by atoms with Gasteiger partial charge in [0.25, 0.3) is 5.91 Å². The van der Waals surface area contributed by atoms with E-state index in [9.17, 15) is 18.0 Å². The molecule has 0 spiro atoms. The monoisotopic (exact) mass is 258 g/mol. The summed E-state index contributed by atoms with van der Waals surface area (Å²) >= 11 is 0. The van der Waals surface area contributed by atoms with Crippen LogP contribution >= 0.6 is 0 Å². The Morgan fingerprint density at radius 1 is 1.47 bits per heavy atom. The second kappa shape index (κ2) is 3.90. The maximum absolute atomic E-state index is 12.0. The third-order valence-electron chi connectivity index (χ3n) is 3.13. The van der Waals surface area contributed by atoms with E-state index in [4.69, 9.17) is 0 Å². The maximum Gasteiger partial charge on any atom is 0.260 e. The van der Waals surface area contributed by atoms with Gasteiger partial charge in [0, 0.05) is 0 Å². The van der Waals surface area contributed by atoms with Crippen LogP contribution in [-0.4, -0.2) is 42.0 Å². The van der Waals surface area contributed by atoms with Crippen LogP contribution in [-0.2, 0) is 19.4 Å². The van der Waals surface area contributed by atoms with Gasteiger partial charge in [0.2, 0.25) is 0 Å². The summed E-state index contributed by atoms with van der Waals surface area (Å²) in [6.07, 6.45) is 0.936. The van der Waals surface area contributed by atoms with Gasteiger partial charge < -0.3 is 0 Å². The van der Waals surface area contributed by atoms with Crippen LogP contribution in [0, 0.1) is 5.92 Å². The van der Waals surface area contributed by atoms with Gasteiger partial charge in [-0.05, 0) is 26.7 Å². The molecule has 0 aromatic rings. The molecule has 2 aliphatic heterocycles. The Hall–Kier alpha value is -1.24. The first-order valence-corrected chi connectivity index (χ1v) is 7.16. The highest BCUT2D eigenvalue weighted by molar-refractivity contribution is 7.92. The van der Waals surface area contributed by atoms with E-state index in [0.29, 0.717) is 18.6 Å². The molecule has 0 bridgehead atoms. The Morgan fingerprint density at radius 2 is 2.12 bits per heavy atom. The zero-order chi connectivity index (χ0) is 12.8. The van der Waals surface area contributed by atoms with Crippen molar-refractivity contribution in [1.82, 2.24) is 5.01 Å². The molecule has 0 aromatic carbocycles. The van der Waals surface area contributed by atoms with Crippen LogP contribution in [0.5, 0.6) is 0 Å². The van der Waals surface area contributed by atoms with Crippen molar-refractivity contribution in [1.29, 1.82) is 0 Å². The van der Waals surface area contributed by atoms with Gasteiger partial charge in [-0.1, -0.05) is 0 Å². The summed E-state index contributed by atoms with van der Waals surface area (Å²) in [7, 11) is -3.29. The molecule has 2 heterocycles. The van der Waals surface area contributed by atoms with Crippen molar-refractivity contribution in [3.8, 4) is 0 Å². The average Bonchev–Trinajstić information content (AvgIpc) is 2.66. The molecule has 1 fully saturated rings. The number of carbonyl (C=O) groups is 2. The lowest BCUT2D eigenvalue weighted by atomic mass is 10.0. The van der Waals surface area contributed by atoms with Crippen molar-refractivity contribution in [2.75, 3.05) is 5.75 Å². The third-order valence-corrected chi connectivity index (χ3v) is 5.25. The number of nitrogens with zero attached hydrogens (tertiary/aromatic N) is 2. The number of amides is 1. The lowest BCUT2D eigenvalue weighted by Gasteiger charge is -2.19. The minimum Gasteiger partial charge on any atom is -0.299 e. The average molecular weight is 258 g/mol. The standard InChI is InChI=1S/C10H14N2O4S/c1-6-9(7(2)13)10(14)12(11-6)8-4-3-5-17(8,15)16/h8-9H,3-5H2,1-2H3. The number of hydrazone groups is 1. The van der Waals surface area contributed by atoms with Crippen molar-refractivity contribution in [3.63, 3.8) is 0 Å². The minimum atomic E-state index is -3.29. The Kier molecular flexibility index (Phi) is 2.81. The summed E-state index contributed by atoms with van der Waals surface area (Å²) in [6.45, 7) is 2.89. The number of hydrogen-bond donors (Lipinski definition) is 0. The molecule has 0 saturated carbocycles. The molecule has 1 amide bonds. The highest BCUT2D eigenvalue weighted by Gasteiger charge is 2.46. The first-order valence-electron chi connectivity index (χ1n) is 5.45. The quantitative estimate of drug-likeness (QED) is 0.650. The molecule has 7 heteroatoms. The molecular formula is C10H14N2O4S. The van der Waals surface area contributed by atoms with Gasteiger partial charge >= 0.3 is 0 Å². The van der Waals surface area contributed by atoms with Crippen LogP contribution in [0.2, 0.25) is 0 Å². The summed E-state index contributed by atoms with van der Waals surface area (Å²) in [5, 5.41) is 4.06. The molecule has 2 aliphatic rings. The van der Waals surface area contributed by atoms with E-state index in [-0.39, 0.29) is 11.5 Å². The van der Waals surface area contributed by atoms with Gasteiger partial charge in [-0.3, -0.25) is 9.59 Å². The van der Waals surface area contributed by atoms with E-state index in [0.717, 1.165) is 5.01 Å². The molecule has 1 saturated heterocycles. The van der Waals surface area contributed by atoms with Crippen molar-refractivity contribution < 1.29 is 18.0 Å². The molecule has 2 rings (SSSR count). The molecular weight excluding hydrogens is 244 g/mol. The Bertz CT molecular complexity index is 508. The molecule has 6 nitrogen and oxygen atoms in total. The fourth-order valence-electron chi connectivity index (χ4n) is 2.31. The van der Waals surface area contributed by atoms with Crippen molar-refractivity contribution >= 4 is 27.2 Å². The predicted molar refractivity (Wildman–Crippen MR) is 60.9 cm³/mol. The van der Waals surface area contributed by atoms with Gasteiger partial charge in [-0.15, -0.1) is 0 Å². The van der Waals surface area contributed by atoms with Gasteiger partial charge in [-0.2, -0.15) is 5.10 Å². The fraction of sp³-hybridized carbons (Fsp3) is 0.700. The zero-order valence-electron chi connectivity index (χ0n) is 9.71. The highest BCUT2D eigenvalue weighted by Crippen LogP contribution is 2.29. The van der Waals surface area contributed by atoms with Gasteiger partial charge in [0.1, 0.15) is 11.7 Å². The van der Waals surface area contributed by atoms with Crippen LogP contribution in [0.1, 0.15) is 26.7 Å². The van der Waals surface area contributed by atoms with E-state index in [1.165, 1.54) is 6.92 Å². The normalized spacial score (nSPS) is 31.8. The highest BCUT2D eigenvalue weighted by atomic mass is 32.2. The summed E-state index contributed by atoms with van der Waals surface area (Å²) in [5.74, 6) is -1.62. The van der Waals surface area contributed by atoms with Gasteiger partial charge in [-0.25, -0.2) is 13.4 Å². The predicted octanol–water partition coefficient (Wildman–Crippen LogP) is -0.0556. The molecule has 2 unspecified atom stereocenters. The molecule has 2 atom stereocenters. The van der Waals surface area contributed by atoms with Crippen LogP contribution in [0.4, 0.5) is 0 Å². The van der Waals surface area contributed by atoms with Crippen molar-refractivity contribution in [2.45, 2.75) is 32.1 Å². The van der Waals surface area contributed by atoms with E-state index in [2.05, 4.69) is 5.10 Å². The number of Topliss-reactive ketones (excluding diaryl/α,β-unsaturated/α-hetero) is 1. The number of sulfone groups is 1. The number of ketones is 1. The topological polar surface area (TPSA) is 83.9 Å². The second-order valence-electron chi connectivity index (χ2n) is 4.43. The van der Waals surface area contributed by atoms with Crippen molar-refractivity contribution in [3.05, 3.63) is 0 Å². The smallest absolute Gasteiger partial charge is 0.260 e.